The second kappa shape index (κ2) is 5.83. The Morgan fingerprint density at radius 2 is 2.07 bits per heavy atom. The van der Waals surface area contributed by atoms with Gasteiger partial charge in [0.15, 0.2) is 0 Å². The van der Waals surface area contributed by atoms with Crippen LogP contribution < -0.4 is 4.74 Å². The lowest BCUT2D eigenvalue weighted by atomic mass is 10.1. The van der Waals surface area contributed by atoms with Crippen LogP contribution in [-0.4, -0.2) is 11.7 Å². The molecule has 1 N–H and O–H groups in total. The van der Waals surface area contributed by atoms with Crippen molar-refractivity contribution in [1.29, 1.82) is 0 Å². The Morgan fingerprint density at radius 3 is 2.64 bits per heavy atom. The quantitative estimate of drug-likeness (QED) is 0.649. The fraction of sp³-hybridized carbons (Fsp3) is 0.273. The number of rotatable bonds is 5. The van der Waals surface area contributed by atoms with Crippen molar-refractivity contribution in [3.63, 3.8) is 0 Å². The lowest BCUT2D eigenvalue weighted by Crippen LogP contribution is -1.95. The molecule has 76 valence electrons. The Bertz CT molecular complexity index is 288. The summed E-state index contributed by atoms with van der Waals surface area (Å²) in [6, 6.07) is 5.71. The monoisotopic (exact) mass is 256 g/mol. The molecule has 0 aromatic heterocycles. The van der Waals surface area contributed by atoms with Gasteiger partial charge in [0.05, 0.1) is 6.61 Å². The smallest absolute Gasteiger partial charge is 0.120 e. The van der Waals surface area contributed by atoms with E-state index >= 15 is 0 Å². The zero-order valence-corrected chi connectivity index (χ0v) is 9.46. The minimum absolute atomic E-state index is 0.0330. The Labute approximate surface area is 92.3 Å². The zero-order chi connectivity index (χ0) is 10.4. The summed E-state index contributed by atoms with van der Waals surface area (Å²) in [5.41, 5.74) is 1.96. The van der Waals surface area contributed by atoms with Crippen molar-refractivity contribution < 1.29 is 9.84 Å². The van der Waals surface area contributed by atoms with E-state index in [2.05, 4.69) is 22.5 Å². The summed E-state index contributed by atoms with van der Waals surface area (Å²) in [7, 11) is 0. The molecule has 0 saturated heterocycles. The Kier molecular flexibility index (Phi) is 4.70. The van der Waals surface area contributed by atoms with Crippen LogP contribution >= 0.6 is 15.9 Å². The van der Waals surface area contributed by atoms with Gasteiger partial charge < -0.3 is 9.84 Å². The molecule has 2 nitrogen and oxygen atoms in total. The number of aliphatic hydroxyl groups excluding tert-OH is 1. The molecule has 0 aliphatic rings. The first kappa shape index (κ1) is 11.3. The van der Waals surface area contributed by atoms with E-state index in [4.69, 9.17) is 9.84 Å². The van der Waals surface area contributed by atoms with Crippen LogP contribution in [0.25, 0.3) is 0 Å². The topological polar surface area (TPSA) is 29.5 Å². The third-order valence-corrected chi connectivity index (χ3v) is 2.38. The number of halogens is 1. The molecule has 14 heavy (non-hydrogen) atoms. The summed E-state index contributed by atoms with van der Waals surface area (Å²) < 4.78 is 5.39. The van der Waals surface area contributed by atoms with Gasteiger partial charge in [0.25, 0.3) is 0 Å². The molecule has 0 heterocycles. The van der Waals surface area contributed by atoms with Crippen molar-refractivity contribution in [2.24, 2.45) is 0 Å². The summed E-state index contributed by atoms with van der Waals surface area (Å²) in [5.74, 6) is 0.769. The van der Waals surface area contributed by atoms with Crippen molar-refractivity contribution in [1.82, 2.24) is 0 Å². The molecule has 0 radical (unpaired) electrons. The van der Waals surface area contributed by atoms with E-state index in [9.17, 15) is 0 Å². The molecule has 0 aliphatic carbocycles. The molecule has 0 spiro atoms. The molecule has 0 fully saturated rings. The van der Waals surface area contributed by atoms with Crippen LogP contribution in [0.1, 0.15) is 11.1 Å². The molecule has 0 saturated carbocycles. The summed E-state index contributed by atoms with van der Waals surface area (Å²) in [6.45, 7) is 4.09. The predicted molar refractivity (Wildman–Crippen MR) is 60.7 cm³/mol. The van der Waals surface area contributed by atoms with Gasteiger partial charge in [0.2, 0.25) is 0 Å². The Morgan fingerprint density at radius 1 is 1.36 bits per heavy atom. The normalized spacial score (nSPS) is 9.86. The van der Waals surface area contributed by atoms with E-state index in [-0.39, 0.29) is 6.61 Å². The summed E-state index contributed by atoms with van der Waals surface area (Å²) >= 11 is 3.37. The third kappa shape index (κ3) is 3.16. The average Bonchev–Trinajstić information content (AvgIpc) is 2.25. The Balaban J connectivity index is 2.86. The van der Waals surface area contributed by atoms with Gasteiger partial charge in [0, 0.05) is 5.33 Å². The van der Waals surface area contributed by atoms with Gasteiger partial charge in [0.1, 0.15) is 12.4 Å². The van der Waals surface area contributed by atoms with E-state index in [1.807, 2.05) is 18.2 Å². The maximum Gasteiger partial charge on any atom is 0.120 e. The first-order valence-electron chi connectivity index (χ1n) is 4.33. The molecular formula is C11H13BrO2. The minimum Gasteiger partial charge on any atom is -0.490 e. The van der Waals surface area contributed by atoms with Gasteiger partial charge in [-0.1, -0.05) is 34.7 Å². The molecule has 0 atom stereocenters. The molecule has 1 aromatic rings. The summed E-state index contributed by atoms with van der Waals surface area (Å²) in [4.78, 5) is 0. The highest BCUT2D eigenvalue weighted by Crippen LogP contribution is 2.19. The van der Waals surface area contributed by atoms with Crippen LogP contribution in [0.15, 0.2) is 30.9 Å². The van der Waals surface area contributed by atoms with Crippen LogP contribution in [0.3, 0.4) is 0 Å². The van der Waals surface area contributed by atoms with Gasteiger partial charge in [-0.25, -0.2) is 0 Å². The Hall–Kier alpha value is -0.800. The second-order valence-electron chi connectivity index (χ2n) is 2.88. The fourth-order valence-corrected chi connectivity index (χ4v) is 1.46. The highest BCUT2D eigenvalue weighted by Gasteiger charge is 2.00. The first-order chi connectivity index (χ1) is 6.80. The van der Waals surface area contributed by atoms with Crippen LogP contribution in [0.4, 0.5) is 0 Å². The number of hydrogen-bond donors (Lipinski definition) is 1. The lowest BCUT2D eigenvalue weighted by molar-refractivity contribution is 0.280. The molecule has 3 heteroatoms. The first-order valence-corrected chi connectivity index (χ1v) is 5.45. The fourth-order valence-electron chi connectivity index (χ4n) is 1.14. The predicted octanol–water partition coefficient (Wildman–Crippen LogP) is 2.64. The molecular weight excluding hydrogens is 244 g/mol. The standard InChI is InChI=1S/C11H13BrO2/c1-2-3-14-11-5-9(7-12)4-10(6-11)8-13/h2,4-6,13H,1,3,7-8H2. The van der Waals surface area contributed by atoms with E-state index in [0.717, 1.165) is 22.2 Å². The number of hydrogen-bond acceptors (Lipinski definition) is 2. The number of ether oxygens (including phenoxy) is 1. The van der Waals surface area contributed by atoms with Crippen molar-refractivity contribution in [3.8, 4) is 5.75 Å². The van der Waals surface area contributed by atoms with Gasteiger partial charge in [-0.15, -0.1) is 0 Å². The molecule has 1 rings (SSSR count). The van der Waals surface area contributed by atoms with Crippen molar-refractivity contribution in [2.75, 3.05) is 6.61 Å². The molecule has 1 aromatic carbocycles. The minimum atomic E-state index is 0.0330. The summed E-state index contributed by atoms with van der Waals surface area (Å²) in [6.07, 6.45) is 1.69. The molecule has 0 unspecified atom stereocenters. The number of benzene rings is 1. The van der Waals surface area contributed by atoms with Crippen LogP contribution in [0.5, 0.6) is 5.75 Å². The van der Waals surface area contributed by atoms with Crippen molar-refractivity contribution in [3.05, 3.63) is 42.0 Å². The number of aliphatic hydroxyl groups is 1. The highest BCUT2D eigenvalue weighted by atomic mass is 79.9. The lowest BCUT2D eigenvalue weighted by Gasteiger charge is -2.07. The third-order valence-electron chi connectivity index (χ3n) is 1.73. The molecule has 0 bridgehead atoms. The van der Waals surface area contributed by atoms with E-state index in [1.54, 1.807) is 6.08 Å². The molecule has 0 amide bonds. The van der Waals surface area contributed by atoms with Gasteiger partial charge >= 0.3 is 0 Å². The molecule has 0 aliphatic heterocycles. The SMILES string of the molecule is C=CCOc1cc(CO)cc(CBr)c1. The van der Waals surface area contributed by atoms with Crippen LogP contribution in [0, 0.1) is 0 Å². The van der Waals surface area contributed by atoms with E-state index in [1.165, 1.54) is 0 Å². The maximum atomic E-state index is 9.02. The number of alkyl halides is 1. The second-order valence-corrected chi connectivity index (χ2v) is 3.44. The van der Waals surface area contributed by atoms with E-state index < -0.39 is 0 Å². The highest BCUT2D eigenvalue weighted by molar-refractivity contribution is 9.08. The van der Waals surface area contributed by atoms with E-state index in [0.29, 0.717) is 6.61 Å². The van der Waals surface area contributed by atoms with Crippen molar-refractivity contribution >= 4 is 15.9 Å². The van der Waals surface area contributed by atoms with Gasteiger partial charge in [-0.2, -0.15) is 0 Å². The largest absolute Gasteiger partial charge is 0.490 e. The summed E-state index contributed by atoms with van der Waals surface area (Å²) in [5, 5.41) is 9.77. The van der Waals surface area contributed by atoms with Crippen molar-refractivity contribution in [2.45, 2.75) is 11.9 Å². The van der Waals surface area contributed by atoms with Crippen LogP contribution in [-0.2, 0) is 11.9 Å². The van der Waals surface area contributed by atoms with Gasteiger partial charge in [-0.05, 0) is 23.3 Å². The van der Waals surface area contributed by atoms with Gasteiger partial charge in [-0.3, -0.25) is 0 Å². The zero-order valence-electron chi connectivity index (χ0n) is 7.87. The van der Waals surface area contributed by atoms with Crippen LogP contribution in [0.2, 0.25) is 0 Å². The maximum absolute atomic E-state index is 9.02. The average molecular weight is 257 g/mol.